The maximum Gasteiger partial charge on any atom is 0.338 e. The van der Waals surface area contributed by atoms with Crippen molar-refractivity contribution in [3.8, 4) is 11.3 Å². The van der Waals surface area contributed by atoms with E-state index in [0.29, 0.717) is 26.4 Å². The van der Waals surface area contributed by atoms with E-state index in [1.807, 2.05) is 30.3 Å². The number of nitro groups is 1. The van der Waals surface area contributed by atoms with Crippen LogP contribution in [0.2, 0.25) is 0 Å². The molecule has 38 heavy (non-hydrogen) atoms. The van der Waals surface area contributed by atoms with E-state index in [9.17, 15) is 24.1 Å². The lowest BCUT2D eigenvalue weighted by atomic mass is 9.96. The van der Waals surface area contributed by atoms with Crippen LogP contribution in [0.3, 0.4) is 0 Å². The van der Waals surface area contributed by atoms with Crippen LogP contribution in [0.4, 0.5) is 10.1 Å². The molecule has 2 aromatic heterocycles. The van der Waals surface area contributed by atoms with Crippen LogP contribution in [0.25, 0.3) is 17.4 Å². The van der Waals surface area contributed by atoms with Gasteiger partial charge in [0, 0.05) is 17.7 Å². The van der Waals surface area contributed by atoms with Crippen LogP contribution >= 0.6 is 11.3 Å². The normalized spacial score (nSPS) is 15.2. The van der Waals surface area contributed by atoms with Gasteiger partial charge in [-0.2, -0.15) is 4.39 Å². The maximum atomic E-state index is 13.7. The number of nitrogens with zero attached hydrogens (tertiary/aromatic N) is 3. The number of benzene rings is 2. The predicted octanol–water partition coefficient (Wildman–Crippen LogP) is 4.11. The Kier molecular flexibility index (Phi) is 6.60. The van der Waals surface area contributed by atoms with Crippen LogP contribution in [0.1, 0.15) is 31.2 Å². The first-order valence-electron chi connectivity index (χ1n) is 11.6. The Morgan fingerprint density at radius 3 is 2.71 bits per heavy atom. The summed E-state index contributed by atoms with van der Waals surface area (Å²) in [5, 5.41) is 11.1. The zero-order valence-corrected chi connectivity index (χ0v) is 21.0. The smallest absolute Gasteiger partial charge is 0.338 e. The van der Waals surface area contributed by atoms with E-state index in [1.165, 1.54) is 16.7 Å². The van der Waals surface area contributed by atoms with Crippen LogP contribution in [-0.4, -0.2) is 22.1 Å². The van der Waals surface area contributed by atoms with Crippen LogP contribution in [0, 0.1) is 15.9 Å². The Morgan fingerprint density at radius 2 is 2.00 bits per heavy atom. The summed E-state index contributed by atoms with van der Waals surface area (Å²) in [7, 11) is 0. The molecule has 4 aromatic rings. The summed E-state index contributed by atoms with van der Waals surface area (Å²) in [6.45, 7) is 3.60. The van der Waals surface area contributed by atoms with Gasteiger partial charge in [0.15, 0.2) is 4.80 Å². The zero-order valence-electron chi connectivity index (χ0n) is 20.2. The van der Waals surface area contributed by atoms with Crippen molar-refractivity contribution in [2.45, 2.75) is 19.9 Å². The molecule has 0 N–H and O–H groups in total. The second kappa shape index (κ2) is 10.0. The molecule has 0 bridgehead atoms. The average molecular weight is 534 g/mol. The van der Waals surface area contributed by atoms with Gasteiger partial charge in [-0.3, -0.25) is 19.5 Å². The molecule has 0 unspecified atom stereocenters. The van der Waals surface area contributed by atoms with Gasteiger partial charge >= 0.3 is 11.7 Å². The van der Waals surface area contributed by atoms with E-state index in [4.69, 9.17) is 9.15 Å². The van der Waals surface area contributed by atoms with E-state index < -0.39 is 28.4 Å². The van der Waals surface area contributed by atoms with Crippen LogP contribution in [0.15, 0.2) is 86.1 Å². The SMILES string of the molecule is CCOC(=O)C1=C(C)N=c2s/c(=C\c3ccc(-c4ccc(F)c([N+](=O)[O-])c4)o3)c(=O)n2[C@@H]1c1ccccc1. The lowest BCUT2D eigenvalue weighted by Crippen LogP contribution is -2.39. The average Bonchev–Trinajstić information content (AvgIpc) is 3.48. The van der Waals surface area contributed by atoms with Crippen molar-refractivity contribution >= 4 is 29.1 Å². The summed E-state index contributed by atoms with van der Waals surface area (Å²) in [6, 6.07) is 15.1. The van der Waals surface area contributed by atoms with Crippen LogP contribution in [-0.2, 0) is 9.53 Å². The standard InChI is InChI=1S/C27H20FN3O6S/c1-3-36-26(33)23-15(2)29-27-30(24(23)16-7-5-4-6-8-16)25(32)22(38-27)14-18-10-12-21(37-18)17-9-11-19(28)20(13-17)31(34)35/h4-14,24H,3H2,1-2H3/b22-14-/t24-/m1/s1. The number of ether oxygens (including phenoxy) is 1. The topological polar surface area (TPSA) is 117 Å². The molecule has 0 saturated carbocycles. The molecule has 1 aliphatic rings. The van der Waals surface area contributed by atoms with Crippen molar-refractivity contribution in [3.05, 3.63) is 119 Å². The zero-order chi connectivity index (χ0) is 27.0. The molecular formula is C27H20FN3O6S. The number of thiazole rings is 1. The summed E-state index contributed by atoms with van der Waals surface area (Å²) in [5.41, 5.74) is 0.766. The van der Waals surface area contributed by atoms with Crippen molar-refractivity contribution in [2.75, 3.05) is 6.61 Å². The molecule has 0 spiro atoms. The third-order valence-electron chi connectivity index (χ3n) is 5.96. The molecule has 3 heterocycles. The van der Waals surface area contributed by atoms with Gasteiger partial charge < -0.3 is 9.15 Å². The van der Waals surface area contributed by atoms with Gasteiger partial charge in [-0.15, -0.1) is 0 Å². The van der Waals surface area contributed by atoms with E-state index in [2.05, 4.69) is 4.99 Å². The second-order valence-corrected chi connectivity index (χ2v) is 9.35. The molecule has 9 nitrogen and oxygen atoms in total. The van der Waals surface area contributed by atoms with Gasteiger partial charge in [-0.25, -0.2) is 9.79 Å². The first kappa shape index (κ1) is 25.0. The lowest BCUT2D eigenvalue weighted by Gasteiger charge is -2.24. The number of allylic oxidation sites excluding steroid dienone is 1. The van der Waals surface area contributed by atoms with E-state index in [0.717, 1.165) is 29.0 Å². The molecule has 1 atom stereocenters. The number of halogens is 1. The Morgan fingerprint density at radius 1 is 1.24 bits per heavy atom. The first-order valence-corrected chi connectivity index (χ1v) is 12.4. The van der Waals surface area contributed by atoms with Crippen molar-refractivity contribution in [1.29, 1.82) is 0 Å². The number of carbonyl (C=O) groups is 1. The fraction of sp³-hybridized carbons (Fsp3) is 0.148. The minimum absolute atomic E-state index is 0.180. The van der Waals surface area contributed by atoms with Crippen molar-refractivity contribution in [1.82, 2.24) is 4.57 Å². The highest BCUT2D eigenvalue weighted by atomic mass is 32.1. The fourth-order valence-corrected chi connectivity index (χ4v) is 5.29. The quantitative estimate of drug-likeness (QED) is 0.209. The Hall–Kier alpha value is -4.64. The first-order chi connectivity index (χ1) is 18.3. The van der Waals surface area contributed by atoms with E-state index >= 15 is 0 Å². The third-order valence-corrected chi connectivity index (χ3v) is 6.94. The number of hydrogen-bond donors (Lipinski definition) is 0. The summed E-state index contributed by atoms with van der Waals surface area (Å²) in [5.74, 6) is -0.900. The van der Waals surface area contributed by atoms with Crippen LogP contribution < -0.4 is 14.9 Å². The number of esters is 1. The van der Waals surface area contributed by atoms with Gasteiger partial charge in [-0.05, 0) is 43.7 Å². The monoisotopic (exact) mass is 533 g/mol. The third kappa shape index (κ3) is 4.48. The fourth-order valence-electron chi connectivity index (χ4n) is 4.26. The number of nitro benzene ring substituents is 1. The summed E-state index contributed by atoms with van der Waals surface area (Å²) in [4.78, 5) is 41.7. The highest BCUT2D eigenvalue weighted by Gasteiger charge is 2.33. The van der Waals surface area contributed by atoms with Gasteiger partial charge in [0.1, 0.15) is 11.5 Å². The minimum Gasteiger partial charge on any atom is -0.463 e. The van der Waals surface area contributed by atoms with E-state index in [1.54, 1.807) is 26.0 Å². The number of rotatable bonds is 6. The van der Waals surface area contributed by atoms with Crippen molar-refractivity contribution in [3.63, 3.8) is 0 Å². The Bertz CT molecular complexity index is 1780. The molecule has 1 aliphatic heterocycles. The second-order valence-electron chi connectivity index (χ2n) is 8.34. The molecule has 2 aromatic carbocycles. The molecule has 0 radical (unpaired) electrons. The van der Waals surface area contributed by atoms with Gasteiger partial charge in [0.05, 0.1) is 33.4 Å². The number of aromatic nitrogens is 1. The molecular weight excluding hydrogens is 513 g/mol. The highest BCUT2D eigenvalue weighted by Crippen LogP contribution is 2.31. The number of fused-ring (bicyclic) bond motifs is 1. The molecule has 0 fully saturated rings. The van der Waals surface area contributed by atoms with Gasteiger partial charge in [-0.1, -0.05) is 41.7 Å². The Balaban J connectivity index is 1.61. The molecule has 0 amide bonds. The maximum absolute atomic E-state index is 13.7. The summed E-state index contributed by atoms with van der Waals surface area (Å²) < 4.78 is 26.6. The highest BCUT2D eigenvalue weighted by molar-refractivity contribution is 7.07. The number of carbonyl (C=O) groups excluding carboxylic acids is 1. The largest absolute Gasteiger partial charge is 0.463 e. The van der Waals surface area contributed by atoms with Crippen LogP contribution in [0.5, 0.6) is 0 Å². The van der Waals surface area contributed by atoms with Crippen molar-refractivity contribution in [2.24, 2.45) is 4.99 Å². The van der Waals surface area contributed by atoms with Gasteiger partial charge in [0.2, 0.25) is 5.82 Å². The molecule has 192 valence electrons. The minimum atomic E-state index is -0.947. The van der Waals surface area contributed by atoms with Gasteiger partial charge in [0.25, 0.3) is 5.56 Å². The molecule has 11 heteroatoms. The summed E-state index contributed by atoms with van der Waals surface area (Å²) in [6.07, 6.45) is 1.54. The van der Waals surface area contributed by atoms with E-state index in [-0.39, 0.29) is 23.5 Å². The molecule has 0 saturated heterocycles. The lowest BCUT2D eigenvalue weighted by molar-refractivity contribution is -0.387. The molecule has 5 rings (SSSR count). The Labute approximate surface area is 218 Å². The van der Waals surface area contributed by atoms with Crippen molar-refractivity contribution < 1.29 is 23.3 Å². The number of hydrogen-bond acceptors (Lipinski definition) is 8. The predicted molar refractivity (Wildman–Crippen MR) is 138 cm³/mol. The summed E-state index contributed by atoms with van der Waals surface area (Å²) >= 11 is 1.14. The molecule has 0 aliphatic carbocycles. The number of furan rings is 1.